The van der Waals surface area contributed by atoms with E-state index in [1.807, 2.05) is 0 Å². The molecule has 5 nitrogen and oxygen atoms in total. The number of rotatable bonds is 5. The Morgan fingerprint density at radius 2 is 2.12 bits per heavy atom. The molecule has 0 spiro atoms. The van der Waals surface area contributed by atoms with E-state index in [2.05, 4.69) is 11.4 Å². The third-order valence-electron chi connectivity index (χ3n) is 3.21. The maximum Gasteiger partial charge on any atom is 0.214 e. The van der Waals surface area contributed by atoms with Crippen LogP contribution in [-0.4, -0.2) is 45.2 Å². The minimum Gasteiger partial charge on any atom is -0.313 e. The minimum absolute atomic E-state index is 0.119. The van der Waals surface area contributed by atoms with E-state index in [-0.39, 0.29) is 11.7 Å². The van der Waals surface area contributed by atoms with E-state index in [1.54, 1.807) is 14.1 Å². The van der Waals surface area contributed by atoms with E-state index < -0.39 is 10.0 Å². The number of hydrogen-bond acceptors (Lipinski definition) is 4. The lowest BCUT2D eigenvalue weighted by atomic mass is 9.87. The standard InChI is InChI=1S/C11H21N3O2S/c1-14(2)17(15,16)7-6-13-11-5-3-4-10(8-11)9-12/h10-11,13H,3-8H2,1-2H3/t10-,11?/m1/s1. The summed E-state index contributed by atoms with van der Waals surface area (Å²) in [4.78, 5) is 0. The van der Waals surface area contributed by atoms with Gasteiger partial charge >= 0.3 is 0 Å². The van der Waals surface area contributed by atoms with Crippen molar-refractivity contribution in [3.63, 3.8) is 0 Å². The number of nitriles is 1. The maximum atomic E-state index is 11.5. The molecule has 0 radical (unpaired) electrons. The number of sulfonamides is 1. The van der Waals surface area contributed by atoms with E-state index >= 15 is 0 Å². The molecule has 0 aromatic heterocycles. The summed E-state index contributed by atoms with van der Waals surface area (Å²) in [5, 5.41) is 12.1. The summed E-state index contributed by atoms with van der Waals surface area (Å²) in [5.41, 5.74) is 0. The van der Waals surface area contributed by atoms with Crippen molar-refractivity contribution in [1.82, 2.24) is 9.62 Å². The average Bonchev–Trinajstić information content (AvgIpc) is 2.29. The Balaban J connectivity index is 2.30. The smallest absolute Gasteiger partial charge is 0.214 e. The highest BCUT2D eigenvalue weighted by Gasteiger charge is 2.22. The van der Waals surface area contributed by atoms with Gasteiger partial charge in [-0.05, 0) is 19.3 Å². The van der Waals surface area contributed by atoms with Gasteiger partial charge in [-0.3, -0.25) is 0 Å². The molecule has 0 saturated heterocycles. The molecule has 1 aliphatic rings. The Kier molecular flexibility index (Phi) is 5.37. The molecule has 1 saturated carbocycles. The summed E-state index contributed by atoms with van der Waals surface area (Å²) in [6.07, 6.45) is 3.92. The molecule has 1 unspecified atom stereocenters. The van der Waals surface area contributed by atoms with Crippen LogP contribution in [0.3, 0.4) is 0 Å². The van der Waals surface area contributed by atoms with E-state index in [0.717, 1.165) is 25.7 Å². The summed E-state index contributed by atoms with van der Waals surface area (Å²) in [5.74, 6) is 0.250. The molecule has 98 valence electrons. The van der Waals surface area contributed by atoms with Gasteiger partial charge in [0.15, 0.2) is 0 Å². The summed E-state index contributed by atoms with van der Waals surface area (Å²) in [7, 11) is -0.0257. The molecule has 0 aromatic rings. The molecule has 17 heavy (non-hydrogen) atoms. The topological polar surface area (TPSA) is 73.2 Å². The lowest BCUT2D eigenvalue weighted by Gasteiger charge is -2.26. The lowest BCUT2D eigenvalue weighted by Crippen LogP contribution is -2.38. The van der Waals surface area contributed by atoms with Gasteiger partial charge in [-0.25, -0.2) is 12.7 Å². The molecule has 1 rings (SSSR count). The van der Waals surface area contributed by atoms with Crippen LogP contribution in [0.5, 0.6) is 0 Å². The SMILES string of the molecule is CN(C)S(=O)(=O)CCNC1CCC[C@@H](C#N)C1. The molecule has 1 N–H and O–H groups in total. The first-order valence-electron chi connectivity index (χ1n) is 5.99. The number of nitrogens with one attached hydrogen (secondary N) is 1. The summed E-state index contributed by atoms with van der Waals surface area (Å²) < 4.78 is 24.3. The Labute approximate surface area is 104 Å². The highest BCUT2D eigenvalue weighted by atomic mass is 32.2. The second-order valence-electron chi connectivity index (χ2n) is 4.74. The largest absolute Gasteiger partial charge is 0.313 e. The molecule has 0 bridgehead atoms. The van der Waals surface area contributed by atoms with Crippen LogP contribution in [0, 0.1) is 17.2 Å². The van der Waals surface area contributed by atoms with E-state index in [4.69, 9.17) is 5.26 Å². The predicted molar refractivity (Wildman–Crippen MR) is 66.8 cm³/mol. The lowest BCUT2D eigenvalue weighted by molar-refractivity contribution is 0.332. The van der Waals surface area contributed by atoms with Gasteiger partial charge < -0.3 is 5.32 Å². The summed E-state index contributed by atoms with van der Waals surface area (Å²) >= 11 is 0. The van der Waals surface area contributed by atoms with Gasteiger partial charge in [-0.15, -0.1) is 0 Å². The second-order valence-corrected chi connectivity index (χ2v) is 7.04. The Hall–Kier alpha value is -0.640. The Morgan fingerprint density at radius 3 is 2.71 bits per heavy atom. The molecule has 2 atom stereocenters. The zero-order chi connectivity index (χ0) is 12.9. The van der Waals surface area contributed by atoms with Crippen LogP contribution >= 0.6 is 0 Å². The van der Waals surface area contributed by atoms with Crippen molar-refractivity contribution in [3.05, 3.63) is 0 Å². The van der Waals surface area contributed by atoms with Crippen LogP contribution in [0.2, 0.25) is 0 Å². The van der Waals surface area contributed by atoms with E-state index in [0.29, 0.717) is 12.6 Å². The molecule has 0 aliphatic heterocycles. The zero-order valence-corrected chi connectivity index (χ0v) is 11.3. The number of hydrogen-bond donors (Lipinski definition) is 1. The fourth-order valence-electron chi connectivity index (χ4n) is 2.07. The highest BCUT2D eigenvalue weighted by Crippen LogP contribution is 2.23. The van der Waals surface area contributed by atoms with Crippen molar-refractivity contribution in [2.75, 3.05) is 26.4 Å². The van der Waals surface area contributed by atoms with Gasteiger partial charge in [0.05, 0.1) is 11.8 Å². The summed E-state index contributed by atoms with van der Waals surface area (Å²) in [6, 6.07) is 2.59. The van der Waals surface area contributed by atoms with Crippen LogP contribution in [0.15, 0.2) is 0 Å². The quantitative estimate of drug-likeness (QED) is 0.782. The fourth-order valence-corrected chi connectivity index (χ4v) is 2.81. The van der Waals surface area contributed by atoms with Crippen LogP contribution in [0.1, 0.15) is 25.7 Å². The zero-order valence-electron chi connectivity index (χ0n) is 10.5. The Morgan fingerprint density at radius 1 is 1.41 bits per heavy atom. The van der Waals surface area contributed by atoms with Crippen LogP contribution in [-0.2, 0) is 10.0 Å². The Bertz CT molecular complexity index is 373. The van der Waals surface area contributed by atoms with Crippen LogP contribution in [0.4, 0.5) is 0 Å². The van der Waals surface area contributed by atoms with Crippen molar-refractivity contribution in [1.29, 1.82) is 5.26 Å². The van der Waals surface area contributed by atoms with E-state index in [9.17, 15) is 8.42 Å². The maximum absolute atomic E-state index is 11.5. The molecule has 6 heteroatoms. The van der Waals surface area contributed by atoms with Crippen molar-refractivity contribution >= 4 is 10.0 Å². The monoisotopic (exact) mass is 259 g/mol. The average molecular weight is 259 g/mol. The third-order valence-corrected chi connectivity index (χ3v) is 5.04. The first-order chi connectivity index (χ1) is 7.95. The molecule has 1 fully saturated rings. The van der Waals surface area contributed by atoms with Gasteiger partial charge in [0, 0.05) is 32.6 Å². The molecule has 0 heterocycles. The fraction of sp³-hybridized carbons (Fsp3) is 0.909. The van der Waals surface area contributed by atoms with Crippen LogP contribution < -0.4 is 5.32 Å². The van der Waals surface area contributed by atoms with E-state index in [1.165, 1.54) is 4.31 Å². The normalized spacial score (nSPS) is 25.8. The molecule has 1 aliphatic carbocycles. The highest BCUT2D eigenvalue weighted by molar-refractivity contribution is 7.89. The van der Waals surface area contributed by atoms with Crippen molar-refractivity contribution in [2.24, 2.45) is 5.92 Å². The third kappa shape index (κ3) is 4.62. The minimum atomic E-state index is -3.11. The summed E-state index contributed by atoms with van der Waals surface area (Å²) in [6.45, 7) is 0.462. The van der Waals surface area contributed by atoms with Gasteiger partial charge in [-0.1, -0.05) is 6.42 Å². The van der Waals surface area contributed by atoms with Crippen molar-refractivity contribution in [2.45, 2.75) is 31.7 Å². The molecule has 0 amide bonds. The van der Waals surface area contributed by atoms with Gasteiger partial charge in [0.1, 0.15) is 0 Å². The first-order valence-corrected chi connectivity index (χ1v) is 7.60. The molecular weight excluding hydrogens is 238 g/mol. The van der Waals surface area contributed by atoms with Gasteiger partial charge in [0.25, 0.3) is 0 Å². The number of nitrogens with zero attached hydrogens (tertiary/aromatic N) is 2. The predicted octanol–water partition coefficient (Wildman–Crippen LogP) is 0.550. The van der Waals surface area contributed by atoms with Crippen LogP contribution in [0.25, 0.3) is 0 Å². The van der Waals surface area contributed by atoms with Gasteiger partial charge in [-0.2, -0.15) is 5.26 Å². The molecular formula is C11H21N3O2S. The van der Waals surface area contributed by atoms with Crippen molar-refractivity contribution in [3.8, 4) is 6.07 Å². The first kappa shape index (κ1) is 14.4. The van der Waals surface area contributed by atoms with Gasteiger partial charge in [0.2, 0.25) is 10.0 Å². The second kappa shape index (κ2) is 6.34. The molecule has 0 aromatic carbocycles. The van der Waals surface area contributed by atoms with Crippen molar-refractivity contribution < 1.29 is 8.42 Å².